The van der Waals surface area contributed by atoms with Gasteiger partial charge in [0.1, 0.15) is 29.9 Å². The molecular weight excluding hydrogens is 484 g/mol. The predicted molar refractivity (Wildman–Crippen MR) is 132 cm³/mol. The number of carboxylic acid groups (broad SMARTS) is 1. The van der Waals surface area contributed by atoms with Crippen molar-refractivity contribution in [1.82, 2.24) is 10.2 Å². The van der Waals surface area contributed by atoms with Gasteiger partial charge in [0.2, 0.25) is 5.91 Å². The molecule has 0 bridgehead atoms. The summed E-state index contributed by atoms with van der Waals surface area (Å²) in [6.07, 6.45) is 1.02. The van der Waals surface area contributed by atoms with Crippen LogP contribution >= 0.6 is 23.4 Å². The smallest absolute Gasteiger partial charge is 0.303 e. The summed E-state index contributed by atoms with van der Waals surface area (Å²) < 4.78 is 5.85. The molecule has 2 saturated heterocycles. The van der Waals surface area contributed by atoms with Gasteiger partial charge in [-0.25, -0.2) is 0 Å². The van der Waals surface area contributed by atoms with Crippen LogP contribution in [0.1, 0.15) is 52.4 Å². The molecule has 0 aromatic heterocycles. The first-order chi connectivity index (χ1) is 16.1. The van der Waals surface area contributed by atoms with Crippen LogP contribution in [0, 0.1) is 11.8 Å². The molecule has 11 heteroatoms. The van der Waals surface area contributed by atoms with Gasteiger partial charge in [-0.05, 0) is 44.9 Å². The Morgan fingerprint density at radius 3 is 2.44 bits per heavy atom. The summed E-state index contributed by atoms with van der Waals surface area (Å²) in [6.45, 7) is 6.15. The standard InChI is InChI=1S/C23H41ClN2O7S/c1-4-14-10-15(12-26(11-14)9-7-5-6-8-16(27)28)22(32)25-17(13(2)24)21-19(30)18(29)20(31)23(33-21)34-3/h13-15,17-21,23,29-31H,4-12H2,1-3H3,(H,25,32)(H,27,28)/t13?,14?,15?,17?,18-,19-,20?,21?,23-/m1/s1. The number of aliphatic carboxylic acids is 1. The molecule has 2 rings (SSSR count). The Bertz CT molecular complexity index is 657. The number of rotatable bonds is 12. The van der Waals surface area contributed by atoms with E-state index in [2.05, 4.69) is 17.1 Å². The number of halogens is 1. The summed E-state index contributed by atoms with van der Waals surface area (Å²) in [7, 11) is 0. The van der Waals surface area contributed by atoms with Gasteiger partial charge in [0.15, 0.2) is 0 Å². The fourth-order valence-corrected chi connectivity index (χ4v) is 5.75. The van der Waals surface area contributed by atoms with Crippen molar-refractivity contribution >= 4 is 35.2 Å². The minimum atomic E-state index is -1.40. The molecule has 0 radical (unpaired) electrons. The maximum atomic E-state index is 13.3. The number of hydrogen-bond acceptors (Lipinski definition) is 8. The number of nitrogens with one attached hydrogen (secondary N) is 1. The van der Waals surface area contributed by atoms with Crippen LogP contribution in [0.3, 0.4) is 0 Å². The number of carbonyl (C=O) groups excluding carboxylic acids is 1. The molecule has 0 spiro atoms. The summed E-state index contributed by atoms with van der Waals surface area (Å²) in [5.74, 6) is -0.807. The first-order valence-corrected chi connectivity index (χ1v) is 13.9. The van der Waals surface area contributed by atoms with Gasteiger partial charge in [-0.2, -0.15) is 0 Å². The molecule has 2 fully saturated rings. The molecule has 5 N–H and O–H groups in total. The Labute approximate surface area is 211 Å². The second-order valence-electron chi connectivity index (χ2n) is 9.56. The fourth-order valence-electron chi connectivity index (χ4n) is 4.87. The van der Waals surface area contributed by atoms with Crippen LogP contribution < -0.4 is 5.32 Å². The van der Waals surface area contributed by atoms with Crippen molar-refractivity contribution in [3.8, 4) is 0 Å². The second-order valence-corrected chi connectivity index (χ2v) is 11.2. The van der Waals surface area contributed by atoms with Gasteiger partial charge in [0.25, 0.3) is 0 Å². The number of aliphatic hydroxyl groups is 3. The number of nitrogens with zero attached hydrogens (tertiary/aromatic N) is 1. The van der Waals surface area contributed by atoms with Gasteiger partial charge in [-0.3, -0.25) is 9.59 Å². The summed E-state index contributed by atoms with van der Waals surface area (Å²) in [5.41, 5.74) is -0.742. The molecular formula is C23H41ClN2O7S. The lowest BCUT2D eigenvalue weighted by atomic mass is 9.86. The normalized spacial score (nSPS) is 34.4. The highest BCUT2D eigenvalue weighted by Gasteiger charge is 2.48. The number of piperidine rings is 1. The SMILES string of the molecule is CCC1CC(C(=O)NC(C(C)Cl)C2O[C@H](SC)C(O)[C@H](O)[C@H]2O)CN(CCCCCC(=O)O)C1. The first kappa shape index (κ1) is 29.6. The topological polar surface area (TPSA) is 140 Å². The molecule has 2 aliphatic heterocycles. The monoisotopic (exact) mass is 524 g/mol. The average Bonchev–Trinajstić information content (AvgIpc) is 2.80. The van der Waals surface area contributed by atoms with E-state index in [1.165, 1.54) is 11.8 Å². The van der Waals surface area contributed by atoms with Crippen molar-refractivity contribution in [2.75, 3.05) is 25.9 Å². The van der Waals surface area contributed by atoms with Crippen molar-refractivity contribution in [1.29, 1.82) is 0 Å². The number of hydrogen-bond donors (Lipinski definition) is 5. The Kier molecular flexibility index (Phi) is 12.4. The average molecular weight is 525 g/mol. The number of amides is 1. The molecule has 0 aromatic rings. The fraction of sp³-hybridized carbons (Fsp3) is 0.913. The Hall–Kier alpha value is -0.620. The van der Waals surface area contributed by atoms with Crippen molar-refractivity contribution in [2.24, 2.45) is 11.8 Å². The number of thioether (sulfide) groups is 1. The number of carbonyl (C=O) groups is 2. The third-order valence-electron chi connectivity index (χ3n) is 6.92. The zero-order valence-corrected chi connectivity index (χ0v) is 21.9. The molecule has 6 unspecified atom stereocenters. The van der Waals surface area contributed by atoms with E-state index >= 15 is 0 Å². The lowest BCUT2D eigenvalue weighted by molar-refractivity contribution is -0.205. The summed E-state index contributed by atoms with van der Waals surface area (Å²) in [6, 6.07) is -0.743. The zero-order valence-electron chi connectivity index (χ0n) is 20.3. The molecule has 198 valence electrons. The molecule has 34 heavy (non-hydrogen) atoms. The Morgan fingerprint density at radius 2 is 1.85 bits per heavy atom. The van der Waals surface area contributed by atoms with Crippen LogP contribution in [-0.4, -0.2) is 104 Å². The maximum absolute atomic E-state index is 13.3. The largest absolute Gasteiger partial charge is 0.481 e. The second kappa shape index (κ2) is 14.2. The van der Waals surface area contributed by atoms with Gasteiger partial charge < -0.3 is 35.4 Å². The number of alkyl halides is 1. The number of unbranched alkanes of at least 4 members (excludes halogenated alkanes) is 2. The summed E-state index contributed by atoms with van der Waals surface area (Å²) in [4.78, 5) is 26.3. The van der Waals surface area contributed by atoms with Gasteiger partial charge in [0.05, 0.1) is 17.3 Å². The molecule has 9 nitrogen and oxygen atoms in total. The van der Waals surface area contributed by atoms with Gasteiger partial charge in [-0.15, -0.1) is 23.4 Å². The van der Waals surface area contributed by atoms with E-state index in [0.717, 1.165) is 38.8 Å². The van der Waals surface area contributed by atoms with Crippen LogP contribution in [-0.2, 0) is 14.3 Å². The predicted octanol–water partition coefficient (Wildman–Crippen LogP) is 1.26. The van der Waals surface area contributed by atoms with Gasteiger partial charge in [0, 0.05) is 19.5 Å². The maximum Gasteiger partial charge on any atom is 0.303 e. The summed E-state index contributed by atoms with van der Waals surface area (Å²) >= 11 is 7.61. The van der Waals surface area contributed by atoms with E-state index in [1.54, 1.807) is 13.2 Å². The quantitative estimate of drug-likeness (QED) is 0.188. The van der Waals surface area contributed by atoms with Crippen LogP contribution in [0.15, 0.2) is 0 Å². The van der Waals surface area contributed by atoms with Crippen molar-refractivity contribution in [3.63, 3.8) is 0 Å². The van der Waals surface area contributed by atoms with Crippen molar-refractivity contribution in [2.45, 2.75) is 93.6 Å². The third-order valence-corrected chi connectivity index (χ3v) is 8.05. The van der Waals surface area contributed by atoms with Crippen LogP contribution in [0.2, 0.25) is 0 Å². The van der Waals surface area contributed by atoms with E-state index in [0.29, 0.717) is 18.9 Å². The van der Waals surface area contributed by atoms with E-state index in [-0.39, 0.29) is 18.2 Å². The van der Waals surface area contributed by atoms with Gasteiger partial charge in [-0.1, -0.05) is 19.8 Å². The van der Waals surface area contributed by atoms with E-state index in [4.69, 9.17) is 21.4 Å². The molecule has 0 saturated carbocycles. The number of aliphatic hydroxyl groups excluding tert-OH is 3. The van der Waals surface area contributed by atoms with E-state index < -0.39 is 47.2 Å². The van der Waals surface area contributed by atoms with Crippen molar-refractivity contribution < 1.29 is 34.8 Å². The molecule has 0 aromatic carbocycles. The highest BCUT2D eigenvalue weighted by atomic mass is 35.5. The number of ether oxygens (including phenoxy) is 1. The minimum absolute atomic E-state index is 0.163. The lowest BCUT2D eigenvalue weighted by Gasteiger charge is -2.44. The van der Waals surface area contributed by atoms with E-state index in [1.807, 2.05) is 0 Å². The van der Waals surface area contributed by atoms with Crippen LogP contribution in [0.4, 0.5) is 0 Å². The van der Waals surface area contributed by atoms with Gasteiger partial charge >= 0.3 is 5.97 Å². The van der Waals surface area contributed by atoms with Crippen molar-refractivity contribution in [3.05, 3.63) is 0 Å². The number of carboxylic acids is 1. The molecule has 2 heterocycles. The Morgan fingerprint density at radius 1 is 1.15 bits per heavy atom. The Balaban J connectivity index is 2.01. The highest BCUT2D eigenvalue weighted by molar-refractivity contribution is 7.99. The van der Waals surface area contributed by atoms with Crippen LogP contribution in [0.5, 0.6) is 0 Å². The highest BCUT2D eigenvalue weighted by Crippen LogP contribution is 2.31. The lowest BCUT2D eigenvalue weighted by Crippen LogP contribution is -2.65. The zero-order chi connectivity index (χ0) is 25.4. The molecule has 9 atom stereocenters. The molecule has 0 aliphatic carbocycles. The van der Waals surface area contributed by atoms with Crippen LogP contribution in [0.25, 0.3) is 0 Å². The van der Waals surface area contributed by atoms with E-state index in [9.17, 15) is 24.9 Å². The summed E-state index contributed by atoms with van der Waals surface area (Å²) in [5, 5.41) is 42.2. The minimum Gasteiger partial charge on any atom is -0.481 e. The third kappa shape index (κ3) is 8.21. The molecule has 1 amide bonds. The first-order valence-electron chi connectivity index (χ1n) is 12.2. The molecule has 2 aliphatic rings. The number of likely N-dealkylation sites (tertiary alicyclic amines) is 1.